The third-order valence-electron chi connectivity index (χ3n) is 1.38. The number of anilines is 1. The van der Waals surface area contributed by atoms with Crippen molar-refractivity contribution in [1.82, 2.24) is 4.98 Å². The molecule has 1 aromatic heterocycles. The standard InChI is InChI=1S/C7H9BrN4/c1-11-7-5(6(9)10)2-4(8)3-12-7/h2-3H,1H3,(H3,9,10)(H,11,12). The van der Waals surface area contributed by atoms with E-state index in [0.717, 1.165) is 4.47 Å². The lowest BCUT2D eigenvalue weighted by Crippen LogP contribution is -2.14. The molecule has 0 aliphatic heterocycles. The maximum atomic E-state index is 7.25. The van der Waals surface area contributed by atoms with Crippen molar-refractivity contribution in [3.63, 3.8) is 0 Å². The number of rotatable bonds is 2. The number of nitrogen functional groups attached to an aromatic ring is 1. The Morgan fingerprint density at radius 3 is 2.92 bits per heavy atom. The van der Waals surface area contributed by atoms with E-state index in [2.05, 4.69) is 26.2 Å². The van der Waals surface area contributed by atoms with Crippen LogP contribution >= 0.6 is 15.9 Å². The fraction of sp³-hybridized carbons (Fsp3) is 0.143. The van der Waals surface area contributed by atoms with Gasteiger partial charge < -0.3 is 11.1 Å². The number of amidine groups is 1. The summed E-state index contributed by atoms with van der Waals surface area (Å²) in [6.45, 7) is 0. The van der Waals surface area contributed by atoms with Crippen LogP contribution in [0.15, 0.2) is 16.7 Å². The third-order valence-corrected chi connectivity index (χ3v) is 1.81. The van der Waals surface area contributed by atoms with Crippen molar-refractivity contribution in [2.75, 3.05) is 12.4 Å². The lowest BCUT2D eigenvalue weighted by atomic mass is 10.2. The number of hydrogen-bond donors (Lipinski definition) is 3. The molecular formula is C7H9BrN4. The summed E-state index contributed by atoms with van der Waals surface area (Å²) in [5, 5.41) is 10.1. The molecule has 0 atom stereocenters. The molecule has 0 spiro atoms. The van der Waals surface area contributed by atoms with Gasteiger partial charge in [0.1, 0.15) is 11.7 Å². The van der Waals surface area contributed by atoms with Crippen LogP contribution in [0.4, 0.5) is 5.82 Å². The molecule has 5 heteroatoms. The highest BCUT2D eigenvalue weighted by molar-refractivity contribution is 9.10. The molecule has 0 fully saturated rings. The summed E-state index contributed by atoms with van der Waals surface area (Å²) in [5.41, 5.74) is 5.95. The highest BCUT2D eigenvalue weighted by Gasteiger charge is 2.05. The van der Waals surface area contributed by atoms with Gasteiger partial charge in [-0.15, -0.1) is 0 Å². The van der Waals surface area contributed by atoms with E-state index >= 15 is 0 Å². The van der Waals surface area contributed by atoms with E-state index in [1.54, 1.807) is 19.3 Å². The Labute approximate surface area is 78.8 Å². The second kappa shape index (κ2) is 3.53. The summed E-state index contributed by atoms with van der Waals surface area (Å²) < 4.78 is 0.812. The van der Waals surface area contributed by atoms with Crippen LogP contribution in [0.5, 0.6) is 0 Å². The van der Waals surface area contributed by atoms with E-state index in [0.29, 0.717) is 11.4 Å². The van der Waals surface area contributed by atoms with Crippen LogP contribution in [0.2, 0.25) is 0 Å². The van der Waals surface area contributed by atoms with Gasteiger partial charge in [-0.05, 0) is 22.0 Å². The van der Waals surface area contributed by atoms with Gasteiger partial charge in [0, 0.05) is 17.7 Å². The Morgan fingerprint density at radius 1 is 1.75 bits per heavy atom. The molecule has 0 saturated carbocycles. The molecule has 4 N–H and O–H groups in total. The Bertz CT molecular complexity index is 310. The molecule has 0 saturated heterocycles. The van der Waals surface area contributed by atoms with E-state index in [9.17, 15) is 0 Å². The average Bonchev–Trinajstić information content (AvgIpc) is 2.04. The fourth-order valence-corrected chi connectivity index (χ4v) is 1.18. The highest BCUT2D eigenvalue weighted by Crippen LogP contribution is 2.16. The largest absolute Gasteiger partial charge is 0.384 e. The van der Waals surface area contributed by atoms with Gasteiger partial charge in [0.25, 0.3) is 0 Å². The maximum Gasteiger partial charge on any atom is 0.136 e. The molecule has 0 aliphatic carbocycles. The second-order valence-electron chi connectivity index (χ2n) is 2.21. The molecule has 1 aromatic rings. The zero-order valence-electron chi connectivity index (χ0n) is 6.56. The van der Waals surface area contributed by atoms with Crippen molar-refractivity contribution >= 4 is 27.6 Å². The monoisotopic (exact) mass is 228 g/mol. The van der Waals surface area contributed by atoms with Gasteiger partial charge in [-0.3, -0.25) is 5.41 Å². The van der Waals surface area contributed by atoms with Gasteiger partial charge >= 0.3 is 0 Å². The number of nitrogens with zero attached hydrogens (tertiary/aromatic N) is 1. The minimum Gasteiger partial charge on any atom is -0.384 e. The molecule has 0 unspecified atom stereocenters. The molecule has 64 valence electrons. The molecule has 1 heterocycles. The SMILES string of the molecule is CNc1ncc(Br)cc1C(=N)N. The minimum atomic E-state index is 0.00755. The van der Waals surface area contributed by atoms with Gasteiger partial charge in [0.05, 0.1) is 5.56 Å². The van der Waals surface area contributed by atoms with Gasteiger partial charge in [-0.2, -0.15) is 0 Å². The first-order valence-electron chi connectivity index (χ1n) is 3.33. The quantitative estimate of drug-likeness (QED) is 0.526. The van der Waals surface area contributed by atoms with Crippen molar-refractivity contribution < 1.29 is 0 Å². The van der Waals surface area contributed by atoms with Gasteiger partial charge in [0.15, 0.2) is 0 Å². The molecule has 4 nitrogen and oxygen atoms in total. The average molecular weight is 229 g/mol. The van der Waals surface area contributed by atoms with Crippen molar-refractivity contribution in [2.45, 2.75) is 0 Å². The van der Waals surface area contributed by atoms with Crippen LogP contribution in [0.3, 0.4) is 0 Å². The molecule has 0 amide bonds. The summed E-state index contributed by atoms with van der Waals surface area (Å²) in [6, 6.07) is 1.75. The van der Waals surface area contributed by atoms with Crippen LogP contribution in [0.25, 0.3) is 0 Å². The predicted octanol–water partition coefficient (Wildman–Crippen LogP) is 1.17. The maximum absolute atomic E-state index is 7.25. The molecule has 0 radical (unpaired) electrons. The zero-order valence-corrected chi connectivity index (χ0v) is 8.14. The molecular weight excluding hydrogens is 220 g/mol. The number of halogens is 1. The van der Waals surface area contributed by atoms with Crippen LogP contribution in [0.1, 0.15) is 5.56 Å². The molecule has 1 rings (SSSR count). The molecule has 0 aromatic carbocycles. The van der Waals surface area contributed by atoms with Crippen molar-refractivity contribution in [3.8, 4) is 0 Å². The number of pyridine rings is 1. The van der Waals surface area contributed by atoms with Gasteiger partial charge in [-0.25, -0.2) is 4.98 Å². The van der Waals surface area contributed by atoms with E-state index in [4.69, 9.17) is 11.1 Å². The van der Waals surface area contributed by atoms with E-state index in [-0.39, 0.29) is 5.84 Å². The molecule has 12 heavy (non-hydrogen) atoms. The first kappa shape index (κ1) is 8.99. The lowest BCUT2D eigenvalue weighted by Gasteiger charge is -2.05. The van der Waals surface area contributed by atoms with Crippen LogP contribution in [0, 0.1) is 5.41 Å². The first-order chi connectivity index (χ1) is 5.65. The van der Waals surface area contributed by atoms with E-state index < -0.39 is 0 Å². The number of nitrogens with two attached hydrogens (primary N) is 1. The predicted molar refractivity (Wildman–Crippen MR) is 52.5 cm³/mol. The van der Waals surface area contributed by atoms with Gasteiger partial charge in [-0.1, -0.05) is 0 Å². The van der Waals surface area contributed by atoms with Crippen molar-refractivity contribution in [3.05, 3.63) is 22.3 Å². The van der Waals surface area contributed by atoms with Crippen molar-refractivity contribution in [1.29, 1.82) is 5.41 Å². The summed E-state index contributed by atoms with van der Waals surface area (Å²) in [4.78, 5) is 4.04. The highest BCUT2D eigenvalue weighted by atomic mass is 79.9. The summed E-state index contributed by atoms with van der Waals surface area (Å²) >= 11 is 3.25. The normalized spacial score (nSPS) is 9.50. The Morgan fingerprint density at radius 2 is 2.42 bits per heavy atom. The summed E-state index contributed by atoms with van der Waals surface area (Å²) in [5.74, 6) is 0.624. The number of nitrogens with one attached hydrogen (secondary N) is 2. The number of aromatic nitrogens is 1. The summed E-state index contributed by atoms with van der Waals surface area (Å²) in [7, 11) is 1.74. The fourth-order valence-electron chi connectivity index (χ4n) is 0.844. The van der Waals surface area contributed by atoms with Gasteiger partial charge in [0.2, 0.25) is 0 Å². The number of hydrogen-bond acceptors (Lipinski definition) is 3. The topological polar surface area (TPSA) is 74.8 Å². The summed E-state index contributed by atoms with van der Waals surface area (Å²) in [6.07, 6.45) is 1.65. The van der Waals surface area contributed by atoms with Crippen molar-refractivity contribution in [2.24, 2.45) is 5.73 Å². The second-order valence-corrected chi connectivity index (χ2v) is 3.13. The van der Waals surface area contributed by atoms with E-state index in [1.807, 2.05) is 0 Å². The third kappa shape index (κ3) is 1.73. The smallest absolute Gasteiger partial charge is 0.136 e. The minimum absolute atomic E-state index is 0.00755. The Balaban J connectivity index is 3.21. The van der Waals surface area contributed by atoms with Crippen LogP contribution < -0.4 is 11.1 Å². The Hall–Kier alpha value is -1.10. The van der Waals surface area contributed by atoms with Crippen LogP contribution in [-0.2, 0) is 0 Å². The zero-order chi connectivity index (χ0) is 9.14. The molecule has 0 aliphatic rings. The molecule has 0 bridgehead atoms. The first-order valence-corrected chi connectivity index (χ1v) is 4.12. The van der Waals surface area contributed by atoms with Crippen LogP contribution in [-0.4, -0.2) is 17.9 Å². The lowest BCUT2D eigenvalue weighted by molar-refractivity contribution is 1.25. The Kier molecular flexibility index (Phi) is 2.65. The van der Waals surface area contributed by atoms with E-state index in [1.165, 1.54) is 0 Å².